The second kappa shape index (κ2) is 10.9. The Bertz CT molecular complexity index is 379. The maximum atomic E-state index is 9.71. The lowest BCUT2D eigenvalue weighted by Crippen LogP contribution is -2.39. The van der Waals surface area contributed by atoms with Gasteiger partial charge in [0, 0.05) is 16.2 Å². The number of hydrogen-bond acceptors (Lipinski definition) is 6. The zero-order chi connectivity index (χ0) is 20.5. The predicted molar refractivity (Wildman–Crippen MR) is 103 cm³/mol. The first-order chi connectivity index (χ1) is 11.8. The lowest BCUT2D eigenvalue weighted by Gasteiger charge is -2.32. The van der Waals surface area contributed by atoms with Crippen LogP contribution in [0.15, 0.2) is 0 Å². The van der Waals surface area contributed by atoms with Crippen molar-refractivity contribution in [1.82, 2.24) is 0 Å². The van der Waals surface area contributed by atoms with E-state index in [0.29, 0.717) is 39.6 Å². The highest BCUT2D eigenvalue weighted by Gasteiger charge is 2.30. The first-order valence-electron chi connectivity index (χ1n) is 9.36. The average molecular weight is 379 g/mol. The molecule has 0 rings (SSSR count). The van der Waals surface area contributed by atoms with Crippen molar-refractivity contribution >= 4 is 0 Å². The SMILES string of the molecule is CC(C)(C)COCC(C)(CO)COCC(C)(CO)COCC(C)(C)CO. The van der Waals surface area contributed by atoms with Crippen LogP contribution in [0.2, 0.25) is 0 Å². The summed E-state index contributed by atoms with van der Waals surface area (Å²) in [6.45, 7) is 16.3. The monoisotopic (exact) mass is 378 g/mol. The van der Waals surface area contributed by atoms with Crippen molar-refractivity contribution in [2.45, 2.75) is 48.5 Å². The van der Waals surface area contributed by atoms with Gasteiger partial charge < -0.3 is 29.5 Å². The van der Waals surface area contributed by atoms with Gasteiger partial charge in [0.15, 0.2) is 0 Å². The van der Waals surface area contributed by atoms with Crippen molar-refractivity contribution in [3.05, 3.63) is 0 Å². The fraction of sp³-hybridized carbons (Fsp3) is 1.00. The third-order valence-electron chi connectivity index (χ3n) is 4.02. The van der Waals surface area contributed by atoms with Crippen molar-refractivity contribution in [1.29, 1.82) is 0 Å². The molecule has 0 bridgehead atoms. The topological polar surface area (TPSA) is 88.4 Å². The molecule has 6 nitrogen and oxygen atoms in total. The molecule has 2 atom stereocenters. The average Bonchev–Trinajstić information content (AvgIpc) is 2.53. The summed E-state index contributed by atoms with van der Waals surface area (Å²) in [7, 11) is 0. The van der Waals surface area contributed by atoms with Gasteiger partial charge in [-0.25, -0.2) is 0 Å². The molecule has 0 heterocycles. The van der Waals surface area contributed by atoms with Crippen LogP contribution in [0.5, 0.6) is 0 Å². The molecule has 0 radical (unpaired) electrons. The molecule has 0 aliphatic rings. The first-order valence-corrected chi connectivity index (χ1v) is 9.36. The van der Waals surface area contributed by atoms with Crippen molar-refractivity contribution in [3.8, 4) is 0 Å². The van der Waals surface area contributed by atoms with Crippen LogP contribution in [-0.2, 0) is 14.2 Å². The van der Waals surface area contributed by atoms with E-state index in [1.54, 1.807) is 0 Å². The van der Waals surface area contributed by atoms with E-state index in [0.717, 1.165) is 0 Å². The summed E-state index contributed by atoms with van der Waals surface area (Å²) in [4.78, 5) is 0. The number of rotatable bonds is 14. The highest BCUT2D eigenvalue weighted by Crippen LogP contribution is 2.23. The summed E-state index contributed by atoms with van der Waals surface area (Å²) in [5.74, 6) is 0. The van der Waals surface area contributed by atoms with Crippen LogP contribution in [0.1, 0.15) is 48.5 Å². The van der Waals surface area contributed by atoms with E-state index in [9.17, 15) is 15.3 Å². The van der Waals surface area contributed by atoms with E-state index in [-0.39, 0.29) is 30.7 Å². The van der Waals surface area contributed by atoms with Gasteiger partial charge in [0.25, 0.3) is 0 Å². The van der Waals surface area contributed by atoms with Crippen molar-refractivity contribution < 1.29 is 29.5 Å². The van der Waals surface area contributed by atoms with Crippen LogP contribution in [0, 0.1) is 21.7 Å². The normalized spacial score (nSPS) is 17.8. The fourth-order valence-corrected chi connectivity index (χ4v) is 2.03. The lowest BCUT2D eigenvalue weighted by atomic mass is 9.92. The smallest absolute Gasteiger partial charge is 0.0564 e. The number of aliphatic hydroxyl groups excluding tert-OH is 3. The minimum absolute atomic E-state index is 0.0336. The Labute approximate surface area is 159 Å². The van der Waals surface area contributed by atoms with Gasteiger partial charge in [-0.2, -0.15) is 0 Å². The van der Waals surface area contributed by atoms with E-state index in [1.165, 1.54) is 0 Å². The molecule has 0 fully saturated rings. The molecule has 0 saturated carbocycles. The molecule has 6 heteroatoms. The first kappa shape index (κ1) is 25.8. The molecule has 158 valence electrons. The highest BCUT2D eigenvalue weighted by molar-refractivity contribution is 4.77. The molecule has 0 spiro atoms. The minimum Gasteiger partial charge on any atom is -0.396 e. The summed E-state index contributed by atoms with van der Waals surface area (Å²) < 4.78 is 17.2. The summed E-state index contributed by atoms with van der Waals surface area (Å²) in [5, 5.41) is 28.7. The molecule has 2 unspecified atom stereocenters. The molecule has 0 aliphatic carbocycles. The molecule has 0 aliphatic heterocycles. The van der Waals surface area contributed by atoms with Crippen LogP contribution < -0.4 is 0 Å². The van der Waals surface area contributed by atoms with Crippen molar-refractivity contribution in [3.63, 3.8) is 0 Å². The van der Waals surface area contributed by atoms with Crippen LogP contribution in [0.25, 0.3) is 0 Å². The van der Waals surface area contributed by atoms with E-state index in [4.69, 9.17) is 14.2 Å². The van der Waals surface area contributed by atoms with Gasteiger partial charge in [-0.1, -0.05) is 48.5 Å². The molecule has 0 amide bonds. The van der Waals surface area contributed by atoms with Gasteiger partial charge in [0.1, 0.15) is 0 Å². The second-order valence-electron chi connectivity index (χ2n) is 10.3. The zero-order valence-corrected chi connectivity index (χ0v) is 17.9. The lowest BCUT2D eigenvalue weighted by molar-refractivity contribution is -0.0944. The van der Waals surface area contributed by atoms with E-state index in [2.05, 4.69) is 20.8 Å². The van der Waals surface area contributed by atoms with Gasteiger partial charge >= 0.3 is 0 Å². The Morgan fingerprint density at radius 3 is 1.15 bits per heavy atom. The number of ether oxygens (including phenoxy) is 3. The largest absolute Gasteiger partial charge is 0.396 e. The van der Waals surface area contributed by atoms with Crippen LogP contribution in [0.3, 0.4) is 0 Å². The molecule has 0 aromatic carbocycles. The zero-order valence-electron chi connectivity index (χ0n) is 17.9. The second-order valence-corrected chi connectivity index (χ2v) is 10.3. The van der Waals surface area contributed by atoms with Gasteiger partial charge in [0.2, 0.25) is 0 Å². The third kappa shape index (κ3) is 11.5. The van der Waals surface area contributed by atoms with E-state index in [1.807, 2.05) is 27.7 Å². The van der Waals surface area contributed by atoms with Crippen molar-refractivity contribution in [2.24, 2.45) is 21.7 Å². The molecule has 26 heavy (non-hydrogen) atoms. The standard InChI is InChI=1S/C20H42O6/c1-17(2,3)11-24-13-19(6,9-22)15-26-16-20(7,10-23)14-25-12-18(4,5)8-21/h21-23H,8-16H2,1-7H3. The van der Waals surface area contributed by atoms with Gasteiger partial charge in [-0.05, 0) is 5.41 Å². The Morgan fingerprint density at radius 2 is 0.846 bits per heavy atom. The van der Waals surface area contributed by atoms with E-state index < -0.39 is 10.8 Å². The molecule has 0 saturated heterocycles. The molecular formula is C20H42O6. The minimum atomic E-state index is -0.534. The molecule has 0 aromatic heterocycles. The van der Waals surface area contributed by atoms with Gasteiger partial charge in [-0.15, -0.1) is 0 Å². The van der Waals surface area contributed by atoms with Crippen LogP contribution in [-0.4, -0.2) is 74.8 Å². The van der Waals surface area contributed by atoms with Crippen molar-refractivity contribution in [2.75, 3.05) is 59.5 Å². The fourth-order valence-electron chi connectivity index (χ4n) is 2.03. The Kier molecular flexibility index (Phi) is 10.8. The maximum Gasteiger partial charge on any atom is 0.0564 e. The molecule has 0 aromatic rings. The molecule has 3 N–H and O–H groups in total. The van der Waals surface area contributed by atoms with Crippen LogP contribution in [0.4, 0.5) is 0 Å². The summed E-state index contributed by atoms with van der Waals surface area (Å²) >= 11 is 0. The van der Waals surface area contributed by atoms with E-state index >= 15 is 0 Å². The maximum absolute atomic E-state index is 9.71. The Hall–Kier alpha value is -0.240. The van der Waals surface area contributed by atoms with Gasteiger partial charge in [-0.3, -0.25) is 0 Å². The van der Waals surface area contributed by atoms with Crippen LogP contribution >= 0.6 is 0 Å². The Morgan fingerprint density at radius 1 is 0.500 bits per heavy atom. The summed E-state index contributed by atoms with van der Waals surface area (Å²) in [6.07, 6.45) is 0. The quantitative estimate of drug-likeness (QED) is 0.429. The number of aliphatic hydroxyl groups is 3. The summed E-state index contributed by atoms with van der Waals surface area (Å²) in [6, 6.07) is 0. The number of hydrogen-bond donors (Lipinski definition) is 3. The third-order valence-corrected chi connectivity index (χ3v) is 4.02. The summed E-state index contributed by atoms with van der Waals surface area (Å²) in [5.41, 5.74) is -1.25. The van der Waals surface area contributed by atoms with Gasteiger partial charge in [0.05, 0.1) is 59.5 Å². The Balaban J connectivity index is 4.38. The highest BCUT2D eigenvalue weighted by atomic mass is 16.5. The predicted octanol–water partition coefficient (Wildman–Crippen LogP) is 2.10. The molecular weight excluding hydrogens is 336 g/mol.